The van der Waals surface area contributed by atoms with E-state index in [9.17, 15) is 0 Å². The molecule has 4 nitrogen and oxygen atoms in total. The number of nitrogens with one attached hydrogen (secondary N) is 2. The Morgan fingerprint density at radius 3 is 3.18 bits per heavy atom. The first kappa shape index (κ1) is 17.0. The number of nitrogens with zero attached hydrogens (tertiary/aromatic N) is 2. The SMILES string of the molecule is C=CCNC(=NCC1CCCN(Cc2cccs2)C1)NCC. The second-order valence-electron chi connectivity index (χ2n) is 5.71. The number of rotatable bonds is 7. The van der Waals surface area contributed by atoms with Gasteiger partial charge < -0.3 is 10.6 Å². The van der Waals surface area contributed by atoms with Gasteiger partial charge in [0.15, 0.2) is 5.96 Å². The van der Waals surface area contributed by atoms with E-state index in [1.54, 1.807) is 0 Å². The molecule has 122 valence electrons. The van der Waals surface area contributed by atoms with Crippen LogP contribution in [0.15, 0.2) is 35.2 Å². The van der Waals surface area contributed by atoms with Gasteiger partial charge in [0.25, 0.3) is 0 Å². The van der Waals surface area contributed by atoms with E-state index in [0.717, 1.165) is 38.7 Å². The predicted octanol–water partition coefficient (Wildman–Crippen LogP) is 2.70. The fraction of sp³-hybridized carbons (Fsp3) is 0.588. The Labute approximate surface area is 138 Å². The van der Waals surface area contributed by atoms with Crippen LogP contribution in [0.1, 0.15) is 24.6 Å². The molecule has 0 spiro atoms. The summed E-state index contributed by atoms with van der Waals surface area (Å²) >= 11 is 1.85. The van der Waals surface area contributed by atoms with Crippen molar-refractivity contribution < 1.29 is 0 Å². The van der Waals surface area contributed by atoms with Gasteiger partial charge in [0.1, 0.15) is 0 Å². The van der Waals surface area contributed by atoms with Crippen molar-refractivity contribution in [3.05, 3.63) is 35.0 Å². The molecule has 2 N–H and O–H groups in total. The molecule has 1 atom stereocenters. The van der Waals surface area contributed by atoms with Crippen LogP contribution in [0.5, 0.6) is 0 Å². The maximum atomic E-state index is 4.73. The fourth-order valence-electron chi connectivity index (χ4n) is 2.80. The van der Waals surface area contributed by atoms with E-state index in [4.69, 9.17) is 4.99 Å². The highest BCUT2D eigenvalue weighted by atomic mass is 32.1. The molecule has 0 aromatic carbocycles. The molecular weight excluding hydrogens is 292 g/mol. The van der Waals surface area contributed by atoms with Gasteiger partial charge in [-0.25, -0.2) is 0 Å². The molecule has 1 aromatic heterocycles. The van der Waals surface area contributed by atoms with Crippen molar-refractivity contribution in [3.8, 4) is 0 Å². The van der Waals surface area contributed by atoms with Gasteiger partial charge in [0, 0.05) is 37.6 Å². The van der Waals surface area contributed by atoms with Crippen LogP contribution in [-0.4, -0.2) is 43.6 Å². The van der Waals surface area contributed by atoms with Crippen molar-refractivity contribution in [2.75, 3.05) is 32.7 Å². The Bertz CT molecular complexity index is 455. The summed E-state index contributed by atoms with van der Waals surface area (Å²) in [5.41, 5.74) is 0. The third-order valence-electron chi connectivity index (χ3n) is 3.83. The summed E-state index contributed by atoms with van der Waals surface area (Å²) in [6, 6.07) is 4.37. The van der Waals surface area contributed by atoms with Gasteiger partial charge in [-0.15, -0.1) is 17.9 Å². The number of hydrogen-bond acceptors (Lipinski definition) is 3. The second-order valence-corrected chi connectivity index (χ2v) is 6.74. The smallest absolute Gasteiger partial charge is 0.191 e. The minimum absolute atomic E-state index is 0.660. The van der Waals surface area contributed by atoms with Crippen LogP contribution < -0.4 is 10.6 Å². The molecule has 1 aliphatic heterocycles. The minimum atomic E-state index is 0.660. The zero-order chi connectivity index (χ0) is 15.6. The van der Waals surface area contributed by atoms with Crippen LogP contribution in [0, 0.1) is 5.92 Å². The monoisotopic (exact) mass is 320 g/mol. The van der Waals surface area contributed by atoms with Crippen LogP contribution in [0.3, 0.4) is 0 Å². The molecule has 5 heteroatoms. The van der Waals surface area contributed by atoms with E-state index >= 15 is 0 Å². The normalized spacial score (nSPS) is 19.9. The lowest BCUT2D eigenvalue weighted by Crippen LogP contribution is -2.39. The summed E-state index contributed by atoms with van der Waals surface area (Å²) in [5, 5.41) is 8.71. The lowest BCUT2D eigenvalue weighted by molar-refractivity contribution is 0.172. The minimum Gasteiger partial charge on any atom is -0.357 e. The van der Waals surface area contributed by atoms with Gasteiger partial charge >= 0.3 is 0 Å². The molecule has 0 bridgehead atoms. The molecule has 2 rings (SSSR count). The Kier molecular flexibility index (Phi) is 7.46. The fourth-order valence-corrected chi connectivity index (χ4v) is 3.54. The summed E-state index contributed by atoms with van der Waals surface area (Å²) in [4.78, 5) is 8.76. The number of thiophene rings is 1. The molecule has 22 heavy (non-hydrogen) atoms. The third-order valence-corrected chi connectivity index (χ3v) is 4.69. The Morgan fingerprint density at radius 2 is 2.45 bits per heavy atom. The number of likely N-dealkylation sites (tertiary alicyclic amines) is 1. The first-order valence-electron chi connectivity index (χ1n) is 8.19. The average Bonchev–Trinajstić information content (AvgIpc) is 3.03. The zero-order valence-corrected chi connectivity index (χ0v) is 14.4. The molecule has 0 aliphatic carbocycles. The molecule has 1 aliphatic rings. The number of piperidine rings is 1. The Morgan fingerprint density at radius 1 is 1.55 bits per heavy atom. The molecule has 1 aromatic rings. The van der Waals surface area contributed by atoms with Gasteiger partial charge in [-0.2, -0.15) is 0 Å². The van der Waals surface area contributed by atoms with E-state index in [0.29, 0.717) is 5.92 Å². The lowest BCUT2D eigenvalue weighted by Gasteiger charge is -2.31. The van der Waals surface area contributed by atoms with Crippen LogP contribution in [0.25, 0.3) is 0 Å². The Hall–Kier alpha value is -1.33. The first-order chi connectivity index (χ1) is 10.8. The maximum absolute atomic E-state index is 4.73. The lowest BCUT2D eigenvalue weighted by atomic mass is 9.98. The molecule has 0 radical (unpaired) electrons. The van der Waals surface area contributed by atoms with Gasteiger partial charge in [0.05, 0.1) is 0 Å². The number of hydrogen-bond donors (Lipinski definition) is 2. The standard InChI is InChI=1S/C17H28N4S/c1-3-9-19-17(18-4-2)20-12-15-7-5-10-21(13-15)14-16-8-6-11-22-16/h3,6,8,11,15H,1,4-5,7,9-10,12-14H2,2H3,(H2,18,19,20). The van der Waals surface area contributed by atoms with Crippen molar-refractivity contribution in [1.29, 1.82) is 0 Å². The van der Waals surface area contributed by atoms with Crippen LogP contribution in [0.4, 0.5) is 0 Å². The van der Waals surface area contributed by atoms with E-state index in [-0.39, 0.29) is 0 Å². The molecule has 0 amide bonds. The van der Waals surface area contributed by atoms with Crippen molar-refractivity contribution in [1.82, 2.24) is 15.5 Å². The first-order valence-corrected chi connectivity index (χ1v) is 9.07. The van der Waals surface area contributed by atoms with Crippen LogP contribution in [0.2, 0.25) is 0 Å². The highest BCUT2D eigenvalue weighted by molar-refractivity contribution is 7.09. The molecule has 1 saturated heterocycles. The molecule has 2 heterocycles. The average molecular weight is 321 g/mol. The van der Waals surface area contributed by atoms with Gasteiger partial charge in [-0.1, -0.05) is 12.1 Å². The maximum Gasteiger partial charge on any atom is 0.191 e. The zero-order valence-electron chi connectivity index (χ0n) is 13.6. The number of aliphatic imine (C=N–C) groups is 1. The summed E-state index contributed by atoms with van der Waals surface area (Å²) in [6.45, 7) is 11.8. The molecule has 1 unspecified atom stereocenters. The number of guanidine groups is 1. The van der Waals surface area contributed by atoms with Crippen molar-refractivity contribution in [3.63, 3.8) is 0 Å². The summed E-state index contributed by atoms with van der Waals surface area (Å²) in [5.74, 6) is 1.56. The van der Waals surface area contributed by atoms with E-state index in [1.807, 2.05) is 17.4 Å². The largest absolute Gasteiger partial charge is 0.357 e. The Balaban J connectivity index is 1.81. The quantitative estimate of drug-likeness (QED) is 0.461. The molecular formula is C17H28N4S. The predicted molar refractivity (Wildman–Crippen MR) is 96.5 cm³/mol. The van der Waals surface area contributed by atoms with Crippen LogP contribution in [-0.2, 0) is 6.54 Å². The van der Waals surface area contributed by atoms with E-state index in [2.05, 4.69) is 46.5 Å². The van der Waals surface area contributed by atoms with Crippen molar-refractivity contribution >= 4 is 17.3 Å². The summed E-state index contributed by atoms with van der Waals surface area (Å²) in [6.07, 6.45) is 4.42. The van der Waals surface area contributed by atoms with E-state index < -0.39 is 0 Å². The van der Waals surface area contributed by atoms with Crippen LogP contribution >= 0.6 is 11.3 Å². The van der Waals surface area contributed by atoms with Crippen molar-refractivity contribution in [2.24, 2.45) is 10.9 Å². The van der Waals surface area contributed by atoms with Gasteiger partial charge in [0.2, 0.25) is 0 Å². The third kappa shape index (κ3) is 5.81. The highest BCUT2D eigenvalue weighted by Crippen LogP contribution is 2.20. The van der Waals surface area contributed by atoms with Gasteiger partial charge in [-0.3, -0.25) is 9.89 Å². The van der Waals surface area contributed by atoms with Gasteiger partial charge in [-0.05, 0) is 43.7 Å². The second kappa shape index (κ2) is 9.64. The summed E-state index contributed by atoms with van der Waals surface area (Å²) < 4.78 is 0. The van der Waals surface area contributed by atoms with Crippen molar-refractivity contribution in [2.45, 2.75) is 26.3 Å². The molecule has 0 saturated carbocycles. The van der Waals surface area contributed by atoms with E-state index in [1.165, 1.54) is 24.3 Å². The highest BCUT2D eigenvalue weighted by Gasteiger charge is 2.20. The topological polar surface area (TPSA) is 39.7 Å². The summed E-state index contributed by atoms with van der Waals surface area (Å²) in [7, 11) is 0. The molecule has 1 fully saturated rings.